The van der Waals surface area contributed by atoms with E-state index >= 15 is 0 Å². The molecule has 2 aromatic rings. The molecule has 13 heteroatoms. The van der Waals surface area contributed by atoms with Crippen molar-refractivity contribution in [2.45, 2.75) is 26.0 Å². The minimum absolute atomic E-state index is 0.0683. The first-order valence-electron chi connectivity index (χ1n) is 8.27. The largest absolute Gasteiger partial charge is 0.534 e. The van der Waals surface area contributed by atoms with Gasteiger partial charge in [0.2, 0.25) is 5.95 Å². The molecule has 2 rings (SSSR count). The van der Waals surface area contributed by atoms with Crippen LogP contribution in [-0.2, 0) is 21.5 Å². The van der Waals surface area contributed by atoms with Gasteiger partial charge in [-0.15, -0.1) is 0 Å². The Morgan fingerprint density at radius 2 is 1.97 bits per heavy atom. The molecule has 1 aromatic carbocycles. The lowest BCUT2D eigenvalue weighted by molar-refractivity contribution is -0.0500. The topological polar surface area (TPSA) is 108 Å². The summed E-state index contributed by atoms with van der Waals surface area (Å²) >= 11 is 6.15. The SMILES string of the molecule is CCOCc1ccc(OS(=O)(=O)C(F)(F)F)cc1N(CC)c1nc(N)ncc1Cl. The summed E-state index contributed by atoms with van der Waals surface area (Å²) in [6.45, 7) is 4.26. The number of anilines is 3. The van der Waals surface area contributed by atoms with Crippen molar-refractivity contribution in [3.63, 3.8) is 0 Å². The first kappa shape index (κ1) is 23.0. The van der Waals surface area contributed by atoms with Gasteiger partial charge in [-0.05, 0) is 19.9 Å². The van der Waals surface area contributed by atoms with E-state index in [0.717, 1.165) is 12.1 Å². The Labute approximate surface area is 170 Å². The van der Waals surface area contributed by atoms with E-state index in [1.807, 2.05) is 0 Å². The number of halogens is 4. The van der Waals surface area contributed by atoms with Gasteiger partial charge in [0.05, 0.1) is 18.5 Å². The molecule has 0 fully saturated rings. The maximum absolute atomic E-state index is 12.7. The molecule has 0 atom stereocenters. The lowest BCUT2D eigenvalue weighted by atomic mass is 10.1. The van der Waals surface area contributed by atoms with Gasteiger partial charge in [-0.25, -0.2) is 4.98 Å². The zero-order valence-electron chi connectivity index (χ0n) is 15.4. The monoisotopic (exact) mass is 454 g/mol. The van der Waals surface area contributed by atoms with Crippen LogP contribution in [0.4, 0.5) is 30.6 Å². The van der Waals surface area contributed by atoms with Gasteiger partial charge in [-0.3, -0.25) is 0 Å². The van der Waals surface area contributed by atoms with E-state index in [9.17, 15) is 21.6 Å². The highest BCUT2D eigenvalue weighted by atomic mass is 35.5. The lowest BCUT2D eigenvalue weighted by Gasteiger charge is -2.26. The Bertz CT molecular complexity index is 973. The Kier molecular flexibility index (Phi) is 7.14. The molecule has 0 aliphatic heterocycles. The van der Waals surface area contributed by atoms with Crippen molar-refractivity contribution in [1.82, 2.24) is 9.97 Å². The quantitative estimate of drug-likeness (QED) is 0.476. The smallest absolute Gasteiger partial charge is 0.377 e. The van der Waals surface area contributed by atoms with Gasteiger partial charge in [0.1, 0.15) is 10.8 Å². The molecule has 1 heterocycles. The van der Waals surface area contributed by atoms with Crippen LogP contribution >= 0.6 is 11.6 Å². The molecular formula is C16H18ClF3N4O4S. The zero-order valence-corrected chi connectivity index (χ0v) is 17.0. The van der Waals surface area contributed by atoms with Gasteiger partial charge < -0.3 is 19.6 Å². The molecule has 0 aliphatic carbocycles. The second-order valence-electron chi connectivity index (χ2n) is 5.55. The number of ether oxygens (including phenoxy) is 1. The number of nitrogens with zero attached hydrogens (tertiary/aromatic N) is 3. The van der Waals surface area contributed by atoms with Crippen molar-refractivity contribution in [3.05, 3.63) is 35.0 Å². The normalized spacial score (nSPS) is 12.1. The van der Waals surface area contributed by atoms with Gasteiger partial charge >= 0.3 is 15.6 Å². The molecule has 0 saturated carbocycles. The van der Waals surface area contributed by atoms with E-state index < -0.39 is 21.4 Å². The molecule has 8 nitrogen and oxygen atoms in total. The van der Waals surface area contributed by atoms with E-state index in [-0.39, 0.29) is 35.6 Å². The van der Waals surface area contributed by atoms with Crippen LogP contribution in [0, 0.1) is 0 Å². The molecule has 0 bridgehead atoms. The second kappa shape index (κ2) is 9.01. The average molecular weight is 455 g/mol. The molecule has 0 saturated heterocycles. The van der Waals surface area contributed by atoms with Crippen LogP contribution in [0.1, 0.15) is 19.4 Å². The van der Waals surface area contributed by atoms with Crippen molar-refractivity contribution < 1.29 is 30.5 Å². The third kappa shape index (κ3) is 5.40. The number of hydrogen-bond acceptors (Lipinski definition) is 8. The molecule has 0 aliphatic rings. The van der Waals surface area contributed by atoms with E-state index in [1.54, 1.807) is 13.8 Å². The predicted octanol–water partition coefficient (Wildman–Crippen LogP) is 3.64. The number of nitrogen functional groups attached to an aromatic ring is 1. The van der Waals surface area contributed by atoms with Gasteiger partial charge in [0, 0.05) is 24.8 Å². The standard InChI is InChI=1S/C16H18ClF3N4O4S/c1-3-24(14-12(17)8-22-15(21)23-14)13-7-11(6-5-10(13)9-27-4-2)28-29(25,26)16(18,19)20/h5-8H,3-4,9H2,1-2H3,(H2,21,22,23). The van der Waals surface area contributed by atoms with Crippen molar-refractivity contribution in [1.29, 1.82) is 0 Å². The first-order chi connectivity index (χ1) is 13.5. The molecule has 1 aromatic heterocycles. The summed E-state index contributed by atoms with van der Waals surface area (Å²) in [4.78, 5) is 9.36. The predicted molar refractivity (Wildman–Crippen MR) is 102 cm³/mol. The summed E-state index contributed by atoms with van der Waals surface area (Å²) in [6.07, 6.45) is 1.28. The van der Waals surface area contributed by atoms with Crippen LogP contribution in [0.25, 0.3) is 0 Å². The fourth-order valence-electron chi connectivity index (χ4n) is 2.35. The van der Waals surface area contributed by atoms with Crippen molar-refractivity contribution in [3.8, 4) is 5.75 Å². The van der Waals surface area contributed by atoms with Crippen molar-refractivity contribution in [2.75, 3.05) is 23.8 Å². The molecule has 0 amide bonds. The lowest BCUT2D eigenvalue weighted by Crippen LogP contribution is -2.28. The maximum atomic E-state index is 12.7. The summed E-state index contributed by atoms with van der Waals surface area (Å²) in [7, 11) is -5.83. The highest BCUT2D eigenvalue weighted by Gasteiger charge is 2.48. The Morgan fingerprint density at radius 3 is 2.55 bits per heavy atom. The summed E-state index contributed by atoms with van der Waals surface area (Å²) in [6, 6.07) is 3.63. The summed E-state index contributed by atoms with van der Waals surface area (Å²) in [5, 5.41) is 0.137. The Hall–Kier alpha value is -2.31. The highest BCUT2D eigenvalue weighted by Crippen LogP contribution is 2.36. The maximum Gasteiger partial charge on any atom is 0.534 e. The van der Waals surface area contributed by atoms with Crippen LogP contribution in [0.5, 0.6) is 5.75 Å². The molecular weight excluding hydrogens is 437 g/mol. The second-order valence-corrected chi connectivity index (χ2v) is 7.50. The summed E-state index contributed by atoms with van der Waals surface area (Å²) in [5.74, 6) is -0.411. The van der Waals surface area contributed by atoms with Gasteiger partial charge in [0.15, 0.2) is 5.82 Å². The molecule has 0 unspecified atom stereocenters. The molecule has 29 heavy (non-hydrogen) atoms. The molecule has 0 spiro atoms. The van der Waals surface area contributed by atoms with Crippen LogP contribution in [-0.4, -0.2) is 37.0 Å². The molecule has 160 valence electrons. The van der Waals surface area contributed by atoms with Crippen LogP contribution in [0.2, 0.25) is 5.02 Å². The van der Waals surface area contributed by atoms with Crippen LogP contribution < -0.4 is 14.8 Å². The minimum atomic E-state index is -5.83. The first-order valence-corrected chi connectivity index (χ1v) is 10.1. The van der Waals surface area contributed by atoms with E-state index in [0.29, 0.717) is 12.2 Å². The number of benzene rings is 1. The summed E-state index contributed by atoms with van der Waals surface area (Å²) in [5.41, 5.74) is 0.881. The average Bonchev–Trinajstić information content (AvgIpc) is 2.63. The van der Waals surface area contributed by atoms with E-state index in [2.05, 4.69) is 14.2 Å². The fourth-order valence-corrected chi connectivity index (χ4v) is 2.99. The van der Waals surface area contributed by atoms with Gasteiger partial charge in [-0.2, -0.15) is 26.6 Å². The number of hydrogen-bond donors (Lipinski definition) is 1. The number of aromatic nitrogens is 2. The van der Waals surface area contributed by atoms with Gasteiger partial charge in [0.25, 0.3) is 0 Å². The Balaban J connectivity index is 2.57. The van der Waals surface area contributed by atoms with E-state index in [1.165, 1.54) is 17.2 Å². The minimum Gasteiger partial charge on any atom is -0.377 e. The zero-order chi connectivity index (χ0) is 21.8. The third-order valence-electron chi connectivity index (χ3n) is 3.61. The van der Waals surface area contributed by atoms with Crippen LogP contribution in [0.3, 0.4) is 0 Å². The third-order valence-corrected chi connectivity index (χ3v) is 4.86. The van der Waals surface area contributed by atoms with Crippen molar-refractivity contribution in [2.24, 2.45) is 0 Å². The van der Waals surface area contributed by atoms with Crippen LogP contribution in [0.15, 0.2) is 24.4 Å². The van der Waals surface area contributed by atoms with E-state index in [4.69, 9.17) is 22.1 Å². The number of nitrogens with two attached hydrogens (primary N) is 1. The molecule has 2 N–H and O–H groups in total. The van der Waals surface area contributed by atoms with Gasteiger partial charge in [-0.1, -0.05) is 17.7 Å². The number of rotatable bonds is 8. The number of alkyl halides is 3. The summed E-state index contributed by atoms with van der Waals surface area (Å²) < 4.78 is 70.3. The fraction of sp³-hybridized carbons (Fsp3) is 0.375. The highest BCUT2D eigenvalue weighted by molar-refractivity contribution is 7.88. The van der Waals surface area contributed by atoms with Crippen molar-refractivity contribution >= 4 is 39.2 Å². The molecule has 0 radical (unpaired) electrons. The Morgan fingerprint density at radius 1 is 1.28 bits per heavy atom.